The van der Waals surface area contributed by atoms with Gasteiger partial charge < -0.3 is 10.1 Å². The molecule has 25 heavy (non-hydrogen) atoms. The molecule has 0 aromatic carbocycles. The largest absolute Gasteiger partial charge is 0.373 e. The van der Waals surface area contributed by atoms with E-state index in [4.69, 9.17) is 10.00 Å². The van der Waals surface area contributed by atoms with Gasteiger partial charge in [-0.2, -0.15) is 5.26 Å². The molecule has 1 aliphatic carbocycles. The number of ether oxygens (including phenoxy) is 1. The monoisotopic (exact) mass is 335 g/mol. The second-order valence-electron chi connectivity index (χ2n) is 7.15. The minimum atomic E-state index is -0.221. The minimum absolute atomic E-state index is 0.0120. The van der Waals surface area contributed by atoms with Crippen LogP contribution in [-0.2, 0) is 9.53 Å². The summed E-state index contributed by atoms with van der Waals surface area (Å²) < 4.78 is 6.05. The van der Waals surface area contributed by atoms with E-state index in [2.05, 4.69) is 35.4 Å². The van der Waals surface area contributed by atoms with Crippen molar-refractivity contribution in [2.75, 3.05) is 0 Å². The Morgan fingerprint density at radius 1 is 1.40 bits per heavy atom. The lowest BCUT2D eigenvalue weighted by Gasteiger charge is -2.28. The Hall–Kier alpha value is -2.45. The summed E-state index contributed by atoms with van der Waals surface area (Å²) in [5, 5.41) is 12.2. The van der Waals surface area contributed by atoms with E-state index in [0.29, 0.717) is 11.6 Å². The molecule has 4 rings (SSSR count). The lowest BCUT2D eigenvalue weighted by Crippen LogP contribution is -2.39. The molecule has 5 heteroatoms. The summed E-state index contributed by atoms with van der Waals surface area (Å²) >= 11 is 0. The van der Waals surface area contributed by atoms with E-state index >= 15 is 0 Å². The maximum absolute atomic E-state index is 13.0. The van der Waals surface area contributed by atoms with Crippen molar-refractivity contribution in [1.82, 2.24) is 10.3 Å². The molecule has 2 fully saturated rings. The maximum Gasteiger partial charge on any atom is 0.230 e. The maximum atomic E-state index is 13.0. The van der Waals surface area contributed by atoms with Crippen molar-refractivity contribution in [3.8, 4) is 6.07 Å². The highest BCUT2D eigenvalue weighted by Crippen LogP contribution is 2.49. The number of fused-ring (bicyclic) bond motifs is 2. The molecule has 2 unspecified atom stereocenters. The predicted molar refractivity (Wildman–Crippen MR) is 92.2 cm³/mol. The van der Waals surface area contributed by atoms with Crippen molar-refractivity contribution in [2.24, 2.45) is 11.8 Å². The fraction of sp³-hybridized carbons (Fsp3) is 0.450. The Kier molecular flexibility index (Phi) is 4.14. The number of carbonyl (C=O) groups excluding carboxylic acids is 1. The van der Waals surface area contributed by atoms with Gasteiger partial charge in [0.25, 0.3) is 0 Å². The van der Waals surface area contributed by atoms with Crippen LogP contribution in [0, 0.1) is 23.2 Å². The quantitative estimate of drug-likeness (QED) is 0.921. The SMILES string of the molecule is CC1C=CC(NC(=O)[C@@H]2[C@H]3CCC(O3)[C@@H]2c2ccnc(C#N)c2)=CC1. The number of carbonyl (C=O) groups is 1. The molecule has 3 aliphatic rings. The molecule has 0 spiro atoms. The van der Waals surface area contributed by atoms with Crippen LogP contribution in [0.1, 0.15) is 43.4 Å². The predicted octanol–water partition coefficient (Wildman–Crippen LogP) is 2.81. The van der Waals surface area contributed by atoms with Crippen molar-refractivity contribution in [2.45, 2.75) is 44.3 Å². The fourth-order valence-electron chi connectivity index (χ4n) is 4.20. The Morgan fingerprint density at radius 2 is 2.24 bits per heavy atom. The summed E-state index contributed by atoms with van der Waals surface area (Å²) in [5.41, 5.74) is 2.23. The molecule has 2 saturated heterocycles. The Balaban J connectivity index is 1.57. The summed E-state index contributed by atoms with van der Waals surface area (Å²) in [6.45, 7) is 2.15. The van der Waals surface area contributed by atoms with E-state index in [0.717, 1.165) is 30.5 Å². The third kappa shape index (κ3) is 2.98. The zero-order valence-corrected chi connectivity index (χ0v) is 14.2. The first-order valence-corrected chi connectivity index (χ1v) is 8.86. The van der Waals surface area contributed by atoms with E-state index in [9.17, 15) is 4.79 Å². The average molecular weight is 335 g/mol. The molecule has 128 valence electrons. The van der Waals surface area contributed by atoms with E-state index in [1.165, 1.54) is 0 Å². The highest BCUT2D eigenvalue weighted by molar-refractivity contribution is 5.83. The Bertz CT molecular complexity index is 792. The number of nitrogens with one attached hydrogen (secondary N) is 1. The normalized spacial score (nSPS) is 33.0. The summed E-state index contributed by atoms with van der Waals surface area (Å²) in [5.74, 6) is 0.292. The first-order chi connectivity index (χ1) is 12.2. The topological polar surface area (TPSA) is 75.0 Å². The minimum Gasteiger partial charge on any atom is -0.373 e. The van der Waals surface area contributed by atoms with Crippen LogP contribution >= 0.6 is 0 Å². The molecule has 5 atom stereocenters. The molecular formula is C20H21N3O2. The molecular weight excluding hydrogens is 314 g/mol. The van der Waals surface area contributed by atoms with Gasteiger partial charge >= 0.3 is 0 Å². The van der Waals surface area contributed by atoms with Crippen LogP contribution in [0.25, 0.3) is 0 Å². The smallest absolute Gasteiger partial charge is 0.230 e. The van der Waals surface area contributed by atoms with Gasteiger partial charge in [0.15, 0.2) is 0 Å². The molecule has 0 saturated carbocycles. The lowest BCUT2D eigenvalue weighted by molar-refractivity contribution is -0.126. The number of hydrogen-bond acceptors (Lipinski definition) is 4. The summed E-state index contributed by atoms with van der Waals surface area (Å²) in [6, 6.07) is 5.77. The molecule has 1 amide bonds. The molecule has 1 N–H and O–H groups in total. The van der Waals surface area contributed by atoms with E-state index in [1.54, 1.807) is 12.3 Å². The van der Waals surface area contributed by atoms with Gasteiger partial charge in [0.1, 0.15) is 11.8 Å². The third-order valence-electron chi connectivity index (χ3n) is 5.44. The van der Waals surface area contributed by atoms with Gasteiger partial charge in [-0.1, -0.05) is 19.1 Å². The number of hydrogen-bond donors (Lipinski definition) is 1. The second-order valence-corrected chi connectivity index (χ2v) is 7.15. The van der Waals surface area contributed by atoms with Gasteiger partial charge in [-0.25, -0.2) is 4.98 Å². The van der Waals surface area contributed by atoms with Crippen LogP contribution in [0.5, 0.6) is 0 Å². The molecule has 0 radical (unpaired) electrons. The highest BCUT2D eigenvalue weighted by Gasteiger charge is 2.52. The van der Waals surface area contributed by atoms with Crippen LogP contribution in [-0.4, -0.2) is 23.1 Å². The summed E-state index contributed by atoms with van der Waals surface area (Å²) in [7, 11) is 0. The number of allylic oxidation sites excluding steroid dienone is 3. The molecule has 1 aromatic rings. The first-order valence-electron chi connectivity index (χ1n) is 8.86. The molecule has 3 heterocycles. The van der Waals surface area contributed by atoms with Crippen molar-refractivity contribution in [3.05, 3.63) is 53.5 Å². The van der Waals surface area contributed by atoms with Crippen molar-refractivity contribution in [3.63, 3.8) is 0 Å². The number of pyridine rings is 1. The molecule has 2 bridgehead atoms. The van der Waals surface area contributed by atoms with Crippen LogP contribution in [0.3, 0.4) is 0 Å². The van der Waals surface area contributed by atoms with Crippen molar-refractivity contribution < 1.29 is 9.53 Å². The standard InChI is InChI=1S/C20H21N3O2/c1-12-2-4-14(5-3-12)23-20(24)19-17-7-6-16(25-17)18(19)13-8-9-22-15(10-13)11-21/h2,4-5,8-10,12,16-19H,3,6-7H2,1H3,(H,23,24)/t12?,16?,17-,18+,19-/m1/s1. The lowest BCUT2D eigenvalue weighted by atomic mass is 9.75. The van der Waals surface area contributed by atoms with Crippen molar-refractivity contribution in [1.29, 1.82) is 5.26 Å². The van der Waals surface area contributed by atoms with E-state index in [-0.39, 0.29) is 30.0 Å². The molecule has 2 aliphatic heterocycles. The molecule has 5 nitrogen and oxygen atoms in total. The second kappa shape index (κ2) is 6.45. The zero-order chi connectivity index (χ0) is 17.4. The van der Waals surface area contributed by atoms with Gasteiger partial charge in [-0.15, -0.1) is 0 Å². The number of rotatable bonds is 3. The Labute approximate surface area is 147 Å². The van der Waals surface area contributed by atoms with Crippen LogP contribution in [0.4, 0.5) is 0 Å². The average Bonchev–Trinajstić information content (AvgIpc) is 3.25. The van der Waals surface area contributed by atoms with Crippen LogP contribution in [0.15, 0.2) is 42.3 Å². The van der Waals surface area contributed by atoms with Gasteiger partial charge in [0, 0.05) is 17.8 Å². The van der Waals surface area contributed by atoms with Crippen LogP contribution < -0.4 is 5.32 Å². The van der Waals surface area contributed by atoms with E-state index in [1.807, 2.05) is 12.1 Å². The van der Waals surface area contributed by atoms with E-state index < -0.39 is 0 Å². The summed E-state index contributed by atoms with van der Waals surface area (Å²) in [4.78, 5) is 17.0. The summed E-state index contributed by atoms with van der Waals surface area (Å²) in [6.07, 6.45) is 10.6. The number of nitriles is 1. The first kappa shape index (κ1) is 16.0. The molecule has 1 aromatic heterocycles. The fourth-order valence-corrected chi connectivity index (χ4v) is 4.20. The van der Waals surface area contributed by atoms with Gasteiger partial charge in [0.2, 0.25) is 5.91 Å². The number of nitrogens with zero attached hydrogens (tertiary/aromatic N) is 2. The zero-order valence-electron chi connectivity index (χ0n) is 14.2. The number of aromatic nitrogens is 1. The van der Waals surface area contributed by atoms with Crippen LogP contribution in [0.2, 0.25) is 0 Å². The third-order valence-corrected chi connectivity index (χ3v) is 5.44. The highest BCUT2D eigenvalue weighted by atomic mass is 16.5. The van der Waals surface area contributed by atoms with Crippen molar-refractivity contribution >= 4 is 5.91 Å². The Morgan fingerprint density at radius 3 is 3.00 bits per heavy atom. The van der Waals surface area contributed by atoms with Gasteiger partial charge in [-0.05, 0) is 49.0 Å². The number of amides is 1. The van der Waals surface area contributed by atoms with Gasteiger partial charge in [0.05, 0.1) is 18.1 Å². The van der Waals surface area contributed by atoms with Gasteiger partial charge in [-0.3, -0.25) is 4.79 Å².